The molecule has 0 aliphatic carbocycles. The van der Waals surface area contributed by atoms with Crippen molar-refractivity contribution in [2.45, 2.75) is 6.42 Å². The van der Waals surface area contributed by atoms with Crippen LogP contribution in [0.4, 0.5) is 0 Å². The van der Waals surface area contributed by atoms with Crippen molar-refractivity contribution >= 4 is 54.6 Å². The van der Waals surface area contributed by atoms with Crippen molar-refractivity contribution in [3.05, 3.63) is 50.1 Å². The van der Waals surface area contributed by atoms with Crippen LogP contribution in [0.2, 0.25) is 0 Å². The van der Waals surface area contributed by atoms with Gasteiger partial charge < -0.3 is 0 Å². The van der Waals surface area contributed by atoms with E-state index >= 15 is 0 Å². The van der Waals surface area contributed by atoms with Gasteiger partial charge in [-0.2, -0.15) is 0 Å². The van der Waals surface area contributed by atoms with Gasteiger partial charge in [0.25, 0.3) is 0 Å². The van der Waals surface area contributed by atoms with Crippen molar-refractivity contribution in [2.24, 2.45) is 0 Å². The number of aromatic nitrogens is 1. The van der Waals surface area contributed by atoms with E-state index in [4.69, 9.17) is 0 Å². The molecule has 0 N–H and O–H groups in total. The average molecular weight is 338 g/mol. The van der Waals surface area contributed by atoms with Gasteiger partial charge in [-0.15, -0.1) is 22.7 Å². The highest BCUT2D eigenvalue weighted by Gasteiger charge is 2.10. The fourth-order valence-corrected chi connectivity index (χ4v) is 3.94. The van der Waals surface area contributed by atoms with Crippen LogP contribution < -0.4 is 0 Å². The summed E-state index contributed by atoms with van der Waals surface area (Å²) in [6.07, 6.45) is 2.11. The smallest absolute Gasteiger partial charge is 0.169 e. The molecule has 0 aliphatic heterocycles. The maximum atomic E-state index is 12.1. The lowest BCUT2D eigenvalue weighted by molar-refractivity contribution is 0.0993. The third kappa shape index (κ3) is 2.39. The van der Waals surface area contributed by atoms with Crippen molar-refractivity contribution in [3.63, 3.8) is 0 Å². The fourth-order valence-electron chi connectivity index (χ4n) is 1.71. The van der Waals surface area contributed by atoms with Crippen LogP contribution in [0.15, 0.2) is 39.6 Å². The van der Waals surface area contributed by atoms with Gasteiger partial charge in [-0.3, -0.25) is 9.78 Å². The van der Waals surface area contributed by atoms with E-state index in [0.717, 1.165) is 19.6 Å². The van der Waals surface area contributed by atoms with Gasteiger partial charge in [0.05, 0.1) is 10.2 Å². The summed E-state index contributed by atoms with van der Waals surface area (Å²) in [5.74, 6) is 0.118. The molecule has 3 aromatic heterocycles. The number of ketones is 1. The molecule has 0 atom stereocenters. The minimum Gasteiger partial charge on any atom is -0.294 e. The third-order valence-electron chi connectivity index (χ3n) is 2.58. The first kappa shape index (κ1) is 12.0. The average Bonchev–Trinajstić information content (AvgIpc) is 2.96. The molecule has 0 saturated heterocycles. The number of nitrogens with zero attached hydrogens (tertiary/aromatic N) is 1. The molecular formula is C13H8BrNOS2. The zero-order chi connectivity index (χ0) is 12.5. The van der Waals surface area contributed by atoms with Gasteiger partial charge in [0.15, 0.2) is 5.78 Å². The molecule has 3 heterocycles. The Kier molecular flexibility index (Phi) is 3.28. The molecule has 0 saturated carbocycles. The van der Waals surface area contributed by atoms with Crippen LogP contribution in [0.5, 0.6) is 0 Å². The molecule has 0 unspecified atom stereocenters. The second-order valence-electron chi connectivity index (χ2n) is 3.86. The summed E-state index contributed by atoms with van der Waals surface area (Å²) in [4.78, 5) is 17.5. The van der Waals surface area contributed by atoms with E-state index in [9.17, 15) is 4.79 Å². The van der Waals surface area contributed by atoms with Crippen LogP contribution >= 0.6 is 38.6 Å². The molecule has 5 heteroatoms. The Morgan fingerprint density at radius 3 is 3.00 bits per heavy atom. The van der Waals surface area contributed by atoms with Crippen LogP contribution in [-0.4, -0.2) is 10.8 Å². The molecule has 3 aromatic rings. The highest BCUT2D eigenvalue weighted by molar-refractivity contribution is 9.10. The molecule has 0 spiro atoms. The van der Waals surface area contributed by atoms with Gasteiger partial charge in [0.2, 0.25) is 0 Å². The van der Waals surface area contributed by atoms with Crippen molar-refractivity contribution < 1.29 is 4.79 Å². The number of Topliss-reactive ketones (excluding diaryl/α,β-unsaturated/α-hetero) is 1. The van der Waals surface area contributed by atoms with E-state index in [1.807, 2.05) is 29.0 Å². The predicted molar refractivity (Wildman–Crippen MR) is 79.7 cm³/mol. The third-order valence-corrected chi connectivity index (χ3v) is 5.13. The topological polar surface area (TPSA) is 30.0 Å². The first-order valence-electron chi connectivity index (χ1n) is 5.32. The quantitative estimate of drug-likeness (QED) is 0.656. The van der Waals surface area contributed by atoms with Gasteiger partial charge in [-0.25, -0.2) is 0 Å². The first-order chi connectivity index (χ1) is 8.72. The van der Waals surface area contributed by atoms with Crippen molar-refractivity contribution in [3.8, 4) is 0 Å². The summed E-state index contributed by atoms with van der Waals surface area (Å²) < 4.78 is 2.09. The molecule has 0 radical (unpaired) electrons. The number of carbonyl (C=O) groups excluding carboxylic acids is 1. The van der Waals surface area contributed by atoms with Crippen LogP contribution in [-0.2, 0) is 6.42 Å². The zero-order valence-corrected chi connectivity index (χ0v) is 12.4. The van der Waals surface area contributed by atoms with E-state index in [1.54, 1.807) is 28.9 Å². The minimum absolute atomic E-state index is 0.118. The van der Waals surface area contributed by atoms with Crippen LogP contribution in [0.3, 0.4) is 0 Å². The number of thiophene rings is 2. The number of fused-ring (bicyclic) bond motifs is 1. The molecule has 18 heavy (non-hydrogen) atoms. The van der Waals surface area contributed by atoms with Crippen molar-refractivity contribution in [1.29, 1.82) is 0 Å². The molecule has 0 amide bonds. The van der Waals surface area contributed by atoms with Crippen LogP contribution in [0.1, 0.15) is 15.2 Å². The molecule has 0 bridgehead atoms. The van der Waals surface area contributed by atoms with Crippen LogP contribution in [0.25, 0.3) is 10.2 Å². The van der Waals surface area contributed by atoms with E-state index in [1.165, 1.54) is 0 Å². The van der Waals surface area contributed by atoms with E-state index in [0.29, 0.717) is 12.0 Å². The fraction of sp³-hybridized carbons (Fsp3) is 0.0769. The molecule has 3 rings (SSSR count). The summed E-state index contributed by atoms with van der Waals surface area (Å²) in [7, 11) is 0. The standard InChI is InChI=1S/C13H8BrNOS2/c14-9-4-10(18-7-9)5-12(16)8-3-13-11(15-6-8)1-2-17-13/h1-4,6-7H,5H2. The number of carbonyl (C=O) groups is 1. The lowest BCUT2D eigenvalue weighted by Crippen LogP contribution is -2.02. The highest BCUT2D eigenvalue weighted by atomic mass is 79.9. The van der Waals surface area contributed by atoms with Crippen LogP contribution in [0, 0.1) is 0 Å². The normalized spacial score (nSPS) is 10.9. The Hall–Kier alpha value is -1.04. The van der Waals surface area contributed by atoms with Gasteiger partial charge >= 0.3 is 0 Å². The van der Waals surface area contributed by atoms with E-state index in [-0.39, 0.29) is 5.78 Å². The molecule has 2 nitrogen and oxygen atoms in total. The van der Waals surface area contributed by atoms with E-state index < -0.39 is 0 Å². The SMILES string of the molecule is O=C(Cc1cc(Br)cs1)c1cnc2ccsc2c1. The Balaban J connectivity index is 1.87. The molecule has 0 aliphatic rings. The number of rotatable bonds is 3. The lowest BCUT2D eigenvalue weighted by atomic mass is 10.1. The molecule has 0 aromatic carbocycles. The maximum Gasteiger partial charge on any atom is 0.169 e. The summed E-state index contributed by atoms with van der Waals surface area (Å²) in [5, 5.41) is 3.98. The monoisotopic (exact) mass is 337 g/mol. The number of hydrogen-bond acceptors (Lipinski definition) is 4. The van der Waals surface area contributed by atoms with Gasteiger partial charge in [0.1, 0.15) is 0 Å². The summed E-state index contributed by atoms with van der Waals surface area (Å²) in [6, 6.07) is 5.88. The second kappa shape index (κ2) is 4.91. The first-order valence-corrected chi connectivity index (χ1v) is 7.87. The largest absolute Gasteiger partial charge is 0.294 e. The van der Waals surface area contributed by atoms with Gasteiger partial charge in [-0.05, 0) is 39.5 Å². The lowest BCUT2D eigenvalue weighted by Gasteiger charge is -1.99. The number of halogens is 1. The number of hydrogen-bond donors (Lipinski definition) is 0. The predicted octanol–water partition coefficient (Wildman–Crippen LogP) is 4.55. The molecular weight excluding hydrogens is 330 g/mol. The Morgan fingerprint density at radius 1 is 1.33 bits per heavy atom. The van der Waals surface area contributed by atoms with Crippen molar-refractivity contribution in [1.82, 2.24) is 4.98 Å². The molecule has 0 fully saturated rings. The summed E-state index contributed by atoms with van der Waals surface area (Å²) >= 11 is 6.60. The molecule has 90 valence electrons. The highest BCUT2D eigenvalue weighted by Crippen LogP contribution is 2.23. The van der Waals surface area contributed by atoms with Crippen molar-refractivity contribution in [2.75, 3.05) is 0 Å². The van der Waals surface area contributed by atoms with Gasteiger partial charge in [0, 0.05) is 32.9 Å². The number of pyridine rings is 1. The summed E-state index contributed by atoms with van der Waals surface area (Å²) in [5.41, 5.74) is 1.64. The minimum atomic E-state index is 0.118. The zero-order valence-electron chi connectivity index (χ0n) is 9.22. The Labute approximate surface area is 120 Å². The van der Waals surface area contributed by atoms with Gasteiger partial charge in [-0.1, -0.05) is 0 Å². The Morgan fingerprint density at radius 2 is 2.22 bits per heavy atom. The maximum absolute atomic E-state index is 12.1. The Bertz CT molecular complexity index is 716. The second-order valence-corrected chi connectivity index (χ2v) is 6.72. The van der Waals surface area contributed by atoms with E-state index in [2.05, 4.69) is 20.9 Å². The summed E-state index contributed by atoms with van der Waals surface area (Å²) in [6.45, 7) is 0.